The van der Waals surface area contributed by atoms with E-state index in [4.69, 9.17) is 11.6 Å². The van der Waals surface area contributed by atoms with Crippen molar-refractivity contribution in [3.63, 3.8) is 0 Å². The molecule has 1 aliphatic rings. The highest BCUT2D eigenvalue weighted by Crippen LogP contribution is 2.36. The lowest BCUT2D eigenvalue weighted by atomic mass is 9.88. The molecule has 10 heteroatoms. The van der Waals surface area contributed by atoms with Crippen LogP contribution >= 0.6 is 11.6 Å². The first-order chi connectivity index (χ1) is 13.9. The van der Waals surface area contributed by atoms with Gasteiger partial charge in [0.25, 0.3) is 5.91 Å². The summed E-state index contributed by atoms with van der Waals surface area (Å²) in [5.74, 6) is -1.47. The molecule has 1 saturated heterocycles. The Bertz CT molecular complexity index is 1040. The number of hydrogen-bond donors (Lipinski definition) is 2. The molecule has 1 fully saturated rings. The molecule has 1 atom stereocenters. The standard InChI is InChI=1S/C20H17ClF3N3O3/c1-11-5-3-4-6-13(11)19(2)17(29)27(18(30)26-19)10-16(28)25-12-7-8-15(21)14(9-12)20(22,23)24/h3-9H,10H2,1-2H3,(H,25,28)(H,26,30). The largest absolute Gasteiger partial charge is 0.417 e. The van der Waals surface area contributed by atoms with Crippen molar-refractivity contribution in [2.24, 2.45) is 0 Å². The van der Waals surface area contributed by atoms with Crippen LogP contribution in [-0.2, 0) is 21.3 Å². The first kappa shape index (κ1) is 21.6. The summed E-state index contributed by atoms with van der Waals surface area (Å²) in [5.41, 5.74) is -1.26. The Morgan fingerprint density at radius 2 is 1.87 bits per heavy atom. The first-order valence-electron chi connectivity index (χ1n) is 8.80. The highest BCUT2D eigenvalue weighted by molar-refractivity contribution is 6.31. The highest BCUT2D eigenvalue weighted by Gasteiger charge is 2.50. The van der Waals surface area contributed by atoms with E-state index in [1.54, 1.807) is 31.2 Å². The number of imide groups is 1. The molecule has 3 rings (SSSR count). The summed E-state index contributed by atoms with van der Waals surface area (Å²) in [7, 11) is 0. The molecule has 0 aliphatic carbocycles. The third-order valence-corrected chi connectivity index (χ3v) is 5.15. The van der Waals surface area contributed by atoms with Gasteiger partial charge in [-0.05, 0) is 43.2 Å². The van der Waals surface area contributed by atoms with Crippen LogP contribution in [0.2, 0.25) is 5.02 Å². The second-order valence-electron chi connectivity index (χ2n) is 7.00. The summed E-state index contributed by atoms with van der Waals surface area (Å²) in [4.78, 5) is 38.3. The van der Waals surface area contributed by atoms with Gasteiger partial charge in [-0.15, -0.1) is 0 Å². The van der Waals surface area contributed by atoms with Crippen molar-refractivity contribution >= 4 is 35.1 Å². The second-order valence-corrected chi connectivity index (χ2v) is 7.41. The molecule has 4 amide bonds. The van der Waals surface area contributed by atoms with Crippen LogP contribution in [0.3, 0.4) is 0 Å². The zero-order valence-electron chi connectivity index (χ0n) is 15.9. The maximum atomic E-state index is 13.0. The van der Waals surface area contributed by atoms with Gasteiger partial charge in [-0.1, -0.05) is 35.9 Å². The van der Waals surface area contributed by atoms with Gasteiger partial charge in [0, 0.05) is 5.69 Å². The summed E-state index contributed by atoms with van der Waals surface area (Å²) >= 11 is 5.56. The van der Waals surface area contributed by atoms with Crippen molar-refractivity contribution in [2.45, 2.75) is 25.6 Å². The van der Waals surface area contributed by atoms with Crippen LogP contribution in [0.25, 0.3) is 0 Å². The van der Waals surface area contributed by atoms with Crippen LogP contribution in [0.4, 0.5) is 23.7 Å². The van der Waals surface area contributed by atoms with Crippen molar-refractivity contribution in [3.05, 3.63) is 64.2 Å². The van der Waals surface area contributed by atoms with Crippen molar-refractivity contribution in [3.8, 4) is 0 Å². The fourth-order valence-electron chi connectivity index (χ4n) is 3.32. The summed E-state index contributed by atoms with van der Waals surface area (Å²) < 4.78 is 38.9. The van der Waals surface area contributed by atoms with Gasteiger partial charge in [-0.2, -0.15) is 13.2 Å². The first-order valence-corrected chi connectivity index (χ1v) is 9.18. The smallest absolute Gasteiger partial charge is 0.325 e. The number of carbonyl (C=O) groups is 3. The van der Waals surface area contributed by atoms with Crippen LogP contribution in [-0.4, -0.2) is 29.3 Å². The molecule has 0 saturated carbocycles. The summed E-state index contributed by atoms with van der Waals surface area (Å²) in [6.07, 6.45) is -4.70. The number of aryl methyl sites for hydroxylation is 1. The highest BCUT2D eigenvalue weighted by atomic mass is 35.5. The fraction of sp³-hybridized carbons (Fsp3) is 0.250. The molecule has 158 valence electrons. The Kier molecular flexibility index (Phi) is 5.51. The number of carbonyl (C=O) groups excluding carboxylic acids is 3. The lowest BCUT2D eigenvalue weighted by Crippen LogP contribution is -2.42. The van der Waals surface area contributed by atoms with Gasteiger partial charge in [0.05, 0.1) is 10.6 Å². The molecule has 2 aromatic carbocycles. The molecule has 2 aromatic rings. The van der Waals surface area contributed by atoms with E-state index in [1.165, 1.54) is 13.0 Å². The zero-order chi connectivity index (χ0) is 22.3. The summed E-state index contributed by atoms with van der Waals surface area (Å²) in [5, 5.41) is 4.33. The molecule has 2 N–H and O–H groups in total. The van der Waals surface area contributed by atoms with E-state index in [9.17, 15) is 27.6 Å². The van der Waals surface area contributed by atoms with Crippen LogP contribution in [0.1, 0.15) is 23.6 Å². The van der Waals surface area contributed by atoms with E-state index in [2.05, 4.69) is 10.6 Å². The Labute approximate surface area is 175 Å². The molecule has 1 unspecified atom stereocenters. The molecular weight excluding hydrogens is 423 g/mol. The lowest BCUT2D eigenvalue weighted by molar-refractivity contribution is -0.137. The van der Waals surface area contributed by atoms with Crippen molar-refractivity contribution in [1.82, 2.24) is 10.2 Å². The average molecular weight is 440 g/mol. The number of hydrogen-bond acceptors (Lipinski definition) is 3. The number of nitrogens with one attached hydrogen (secondary N) is 2. The lowest BCUT2D eigenvalue weighted by Gasteiger charge is -2.24. The Morgan fingerprint density at radius 1 is 1.20 bits per heavy atom. The minimum atomic E-state index is -4.70. The minimum Gasteiger partial charge on any atom is -0.325 e. The maximum Gasteiger partial charge on any atom is 0.417 e. The van der Waals surface area contributed by atoms with Crippen molar-refractivity contribution in [2.75, 3.05) is 11.9 Å². The molecular formula is C20H17ClF3N3O3. The van der Waals surface area contributed by atoms with Gasteiger partial charge in [-0.3, -0.25) is 14.5 Å². The maximum absolute atomic E-state index is 13.0. The number of amides is 4. The number of anilines is 1. The quantitative estimate of drug-likeness (QED) is 0.705. The Hall–Kier alpha value is -3.07. The third-order valence-electron chi connectivity index (χ3n) is 4.82. The number of halogens is 4. The number of benzene rings is 2. The van der Waals surface area contributed by atoms with Crippen LogP contribution in [0.15, 0.2) is 42.5 Å². The van der Waals surface area contributed by atoms with Gasteiger partial charge in [-0.25, -0.2) is 4.79 Å². The van der Waals surface area contributed by atoms with Gasteiger partial charge >= 0.3 is 12.2 Å². The van der Waals surface area contributed by atoms with E-state index in [0.29, 0.717) is 11.6 Å². The average Bonchev–Trinajstić information content (AvgIpc) is 2.86. The van der Waals surface area contributed by atoms with Crippen molar-refractivity contribution < 1.29 is 27.6 Å². The van der Waals surface area contributed by atoms with E-state index in [0.717, 1.165) is 16.5 Å². The molecule has 0 aromatic heterocycles. The van der Waals surface area contributed by atoms with E-state index in [1.807, 2.05) is 0 Å². The number of nitrogens with zero attached hydrogens (tertiary/aromatic N) is 1. The SMILES string of the molecule is Cc1ccccc1C1(C)NC(=O)N(CC(=O)Nc2ccc(Cl)c(C(F)(F)F)c2)C1=O. The predicted molar refractivity (Wildman–Crippen MR) is 104 cm³/mol. The summed E-state index contributed by atoms with van der Waals surface area (Å²) in [6.45, 7) is 2.66. The predicted octanol–water partition coefficient (Wildman–Crippen LogP) is 4.07. The zero-order valence-corrected chi connectivity index (χ0v) is 16.7. The van der Waals surface area contributed by atoms with Gasteiger partial charge in [0.2, 0.25) is 5.91 Å². The fourth-order valence-corrected chi connectivity index (χ4v) is 3.55. The monoisotopic (exact) mass is 439 g/mol. The van der Waals surface area contributed by atoms with E-state index >= 15 is 0 Å². The van der Waals surface area contributed by atoms with Gasteiger partial charge in [0.1, 0.15) is 12.1 Å². The van der Waals surface area contributed by atoms with Crippen LogP contribution in [0.5, 0.6) is 0 Å². The molecule has 30 heavy (non-hydrogen) atoms. The second kappa shape index (κ2) is 7.64. The topological polar surface area (TPSA) is 78.5 Å². The number of rotatable bonds is 4. The van der Waals surface area contributed by atoms with Crippen molar-refractivity contribution in [1.29, 1.82) is 0 Å². The third kappa shape index (κ3) is 3.97. The normalized spacial score (nSPS) is 19.1. The Morgan fingerprint density at radius 3 is 2.50 bits per heavy atom. The van der Waals surface area contributed by atoms with Crippen LogP contribution in [0, 0.1) is 6.92 Å². The molecule has 1 heterocycles. The molecule has 6 nitrogen and oxygen atoms in total. The molecule has 0 radical (unpaired) electrons. The minimum absolute atomic E-state index is 0.162. The van der Waals surface area contributed by atoms with Gasteiger partial charge in [0.15, 0.2) is 0 Å². The van der Waals surface area contributed by atoms with E-state index in [-0.39, 0.29) is 5.69 Å². The van der Waals surface area contributed by atoms with Crippen LogP contribution < -0.4 is 10.6 Å². The number of urea groups is 1. The summed E-state index contributed by atoms with van der Waals surface area (Å²) in [6, 6.07) is 9.10. The number of alkyl halides is 3. The molecule has 0 bridgehead atoms. The molecule has 0 spiro atoms. The molecule has 1 aliphatic heterocycles. The Balaban J connectivity index is 1.77. The van der Waals surface area contributed by atoms with Gasteiger partial charge < -0.3 is 10.6 Å². The van der Waals surface area contributed by atoms with E-state index < -0.39 is 46.7 Å².